The van der Waals surface area contributed by atoms with Gasteiger partial charge in [0.25, 0.3) is 5.91 Å². The van der Waals surface area contributed by atoms with Crippen LogP contribution in [0.5, 0.6) is 5.75 Å². The summed E-state index contributed by atoms with van der Waals surface area (Å²) in [5.74, 6) is 0.501. The van der Waals surface area contributed by atoms with Crippen molar-refractivity contribution in [2.75, 3.05) is 13.8 Å². The van der Waals surface area contributed by atoms with Crippen LogP contribution in [0.2, 0.25) is 0 Å². The van der Waals surface area contributed by atoms with Crippen molar-refractivity contribution in [3.05, 3.63) is 77.8 Å². The highest BCUT2D eigenvalue weighted by Gasteiger charge is 2.29. The third-order valence-corrected chi connectivity index (χ3v) is 7.31. The minimum Gasteiger partial charge on any atom is -0.490 e. The molecule has 1 fully saturated rings. The number of amides is 1. The van der Waals surface area contributed by atoms with E-state index in [1.54, 1.807) is 9.58 Å². The van der Waals surface area contributed by atoms with Crippen molar-refractivity contribution < 1.29 is 19.1 Å². The molecule has 0 saturated heterocycles. The van der Waals surface area contributed by atoms with Crippen LogP contribution in [-0.4, -0.2) is 56.6 Å². The Bertz CT molecular complexity index is 1330. The van der Waals surface area contributed by atoms with Crippen LogP contribution in [0.15, 0.2) is 60.9 Å². The van der Waals surface area contributed by atoms with E-state index in [0.29, 0.717) is 25.2 Å². The van der Waals surface area contributed by atoms with Crippen LogP contribution in [0, 0.1) is 12.8 Å². The Labute approximate surface area is 222 Å². The van der Waals surface area contributed by atoms with Gasteiger partial charge in [0.2, 0.25) is 0 Å². The first-order valence-electron chi connectivity index (χ1n) is 13.0. The lowest BCUT2D eigenvalue weighted by Crippen LogP contribution is -2.31. The zero-order valence-electron chi connectivity index (χ0n) is 22.0. The summed E-state index contributed by atoms with van der Waals surface area (Å²) in [6.07, 6.45) is 7.15. The first-order chi connectivity index (χ1) is 18.4. The molecule has 0 bridgehead atoms. The molecule has 0 unspecified atom stereocenters. The Morgan fingerprint density at radius 3 is 2.61 bits per heavy atom. The number of esters is 1. The molecule has 198 valence electrons. The molecule has 1 saturated carbocycles. The lowest BCUT2D eigenvalue weighted by Gasteiger charge is -2.28. The number of carbonyl (C=O) groups is 2. The van der Waals surface area contributed by atoms with Gasteiger partial charge in [0, 0.05) is 30.6 Å². The number of nitrogens with zero attached hydrogens (tertiary/aromatic N) is 5. The number of ether oxygens (including phenoxy) is 2. The predicted octanol–water partition coefficient (Wildman–Crippen LogP) is 4.29. The van der Waals surface area contributed by atoms with Gasteiger partial charge >= 0.3 is 5.97 Å². The van der Waals surface area contributed by atoms with Crippen molar-refractivity contribution >= 4 is 11.9 Å². The second-order valence-electron chi connectivity index (χ2n) is 9.94. The van der Waals surface area contributed by atoms with Crippen molar-refractivity contribution in [2.45, 2.75) is 45.3 Å². The molecule has 2 atom stereocenters. The fraction of sp³-hybridized carbons (Fsp3) is 0.379. The number of aryl methyl sites for hydroxylation is 2. The number of methoxy groups -OCH3 is 1. The van der Waals surface area contributed by atoms with Gasteiger partial charge in [-0.3, -0.25) is 14.5 Å². The first-order valence-corrected chi connectivity index (χ1v) is 13.0. The van der Waals surface area contributed by atoms with E-state index in [4.69, 9.17) is 9.47 Å². The maximum absolute atomic E-state index is 13.0. The van der Waals surface area contributed by atoms with Crippen LogP contribution >= 0.6 is 0 Å². The van der Waals surface area contributed by atoms with E-state index >= 15 is 0 Å². The summed E-state index contributed by atoms with van der Waals surface area (Å²) in [5.41, 5.74) is 4.34. The third kappa shape index (κ3) is 5.41. The van der Waals surface area contributed by atoms with Crippen LogP contribution in [-0.2, 0) is 23.1 Å². The highest BCUT2D eigenvalue weighted by molar-refractivity contribution is 5.96. The highest BCUT2D eigenvalue weighted by atomic mass is 16.5. The number of rotatable bonds is 7. The summed E-state index contributed by atoms with van der Waals surface area (Å²) in [6, 6.07) is 15.5. The molecule has 2 aromatic carbocycles. The van der Waals surface area contributed by atoms with Gasteiger partial charge in [0.1, 0.15) is 11.4 Å². The summed E-state index contributed by atoms with van der Waals surface area (Å²) in [5, 5.41) is 8.67. The normalized spacial score (nSPS) is 19.0. The first kappa shape index (κ1) is 25.5. The predicted molar refractivity (Wildman–Crippen MR) is 142 cm³/mol. The highest BCUT2D eigenvalue weighted by Crippen LogP contribution is 2.30. The number of carbonyl (C=O) groups excluding carboxylic acids is 2. The molecule has 2 heterocycles. The molecule has 1 aliphatic carbocycles. The standard InChI is InChI=1S/C29H33N5O4/c1-20-7-4-5-10-25(20)28(35)34-16-15-33(19-34)18-26-27(30-31-32(26)2)21-11-13-23(14-12-21)38-24-9-6-8-22(17-24)29(36)37-3/h4-5,7,10-16,22,24H,6,8-9,17-19H2,1-3H3/t22-,24-/m0/s1. The van der Waals surface area contributed by atoms with Crippen molar-refractivity contribution in [1.82, 2.24) is 24.8 Å². The summed E-state index contributed by atoms with van der Waals surface area (Å²) < 4.78 is 12.9. The fourth-order valence-corrected chi connectivity index (χ4v) is 5.15. The third-order valence-electron chi connectivity index (χ3n) is 7.31. The van der Waals surface area contributed by atoms with E-state index in [0.717, 1.165) is 47.5 Å². The van der Waals surface area contributed by atoms with Gasteiger partial charge in [-0.05, 0) is 68.5 Å². The van der Waals surface area contributed by atoms with Crippen molar-refractivity contribution in [3.63, 3.8) is 0 Å². The van der Waals surface area contributed by atoms with Gasteiger partial charge in [0.15, 0.2) is 0 Å². The molecule has 2 aliphatic rings. The van der Waals surface area contributed by atoms with E-state index in [2.05, 4.69) is 15.2 Å². The molecule has 9 heteroatoms. The van der Waals surface area contributed by atoms with Crippen LogP contribution < -0.4 is 4.74 Å². The van der Waals surface area contributed by atoms with Crippen LogP contribution in [0.1, 0.15) is 47.3 Å². The topological polar surface area (TPSA) is 89.8 Å². The average Bonchev–Trinajstić information content (AvgIpc) is 3.56. The number of hydrogen-bond acceptors (Lipinski definition) is 7. The molecule has 38 heavy (non-hydrogen) atoms. The van der Waals surface area contributed by atoms with Gasteiger partial charge in [-0.25, -0.2) is 4.68 Å². The van der Waals surface area contributed by atoms with Crippen molar-refractivity contribution in [3.8, 4) is 17.0 Å². The van der Waals surface area contributed by atoms with Gasteiger partial charge < -0.3 is 14.4 Å². The maximum atomic E-state index is 13.0. The van der Waals surface area contributed by atoms with Crippen LogP contribution in [0.4, 0.5) is 0 Å². The van der Waals surface area contributed by atoms with Crippen LogP contribution in [0.3, 0.4) is 0 Å². The van der Waals surface area contributed by atoms with Gasteiger partial charge in [0.05, 0.1) is 38.0 Å². The zero-order valence-corrected chi connectivity index (χ0v) is 22.0. The lowest BCUT2D eigenvalue weighted by molar-refractivity contribution is -0.147. The Morgan fingerprint density at radius 2 is 1.84 bits per heavy atom. The molecule has 1 amide bonds. The zero-order chi connectivity index (χ0) is 26.6. The molecular weight excluding hydrogens is 482 g/mol. The van der Waals surface area contributed by atoms with E-state index in [1.165, 1.54) is 7.11 Å². The molecule has 0 spiro atoms. The van der Waals surface area contributed by atoms with Gasteiger partial charge in [-0.15, -0.1) is 5.10 Å². The Balaban J connectivity index is 1.23. The van der Waals surface area contributed by atoms with Crippen molar-refractivity contribution in [2.24, 2.45) is 13.0 Å². The largest absolute Gasteiger partial charge is 0.490 e. The number of aromatic nitrogens is 3. The van der Waals surface area contributed by atoms with Crippen molar-refractivity contribution in [1.29, 1.82) is 0 Å². The monoisotopic (exact) mass is 515 g/mol. The summed E-state index contributed by atoms with van der Waals surface area (Å²) >= 11 is 0. The maximum Gasteiger partial charge on any atom is 0.308 e. The second-order valence-corrected chi connectivity index (χ2v) is 9.94. The summed E-state index contributed by atoms with van der Waals surface area (Å²) in [7, 11) is 3.31. The summed E-state index contributed by atoms with van der Waals surface area (Å²) in [6.45, 7) is 2.96. The summed E-state index contributed by atoms with van der Waals surface area (Å²) in [4.78, 5) is 28.7. The number of benzene rings is 2. The van der Waals surface area contributed by atoms with Crippen LogP contribution in [0.25, 0.3) is 11.3 Å². The molecule has 1 aromatic heterocycles. The Kier molecular flexibility index (Phi) is 7.44. The fourth-order valence-electron chi connectivity index (χ4n) is 5.15. The van der Waals surface area contributed by atoms with E-state index in [9.17, 15) is 9.59 Å². The Morgan fingerprint density at radius 1 is 1.05 bits per heavy atom. The minimum atomic E-state index is -0.153. The molecule has 3 aromatic rings. The molecule has 5 rings (SSSR count). The SMILES string of the molecule is COC(=O)[C@H]1CCC[C@H](Oc2ccc(-c3nnn(C)c3CN3C=CN(C(=O)c4ccccc4C)C3)cc2)C1. The molecular formula is C29H33N5O4. The molecule has 9 nitrogen and oxygen atoms in total. The average molecular weight is 516 g/mol. The molecule has 1 aliphatic heterocycles. The minimum absolute atomic E-state index is 0.00179. The lowest BCUT2D eigenvalue weighted by atomic mass is 9.87. The van der Waals surface area contributed by atoms with Gasteiger partial charge in [-0.2, -0.15) is 0 Å². The molecule has 0 N–H and O–H groups in total. The quantitative estimate of drug-likeness (QED) is 0.434. The smallest absolute Gasteiger partial charge is 0.308 e. The van der Waals surface area contributed by atoms with Gasteiger partial charge in [-0.1, -0.05) is 23.4 Å². The van der Waals surface area contributed by atoms with E-state index < -0.39 is 0 Å². The molecule has 0 radical (unpaired) electrons. The van der Waals surface area contributed by atoms with E-state index in [1.807, 2.05) is 74.9 Å². The Hall–Kier alpha value is -4.14. The number of hydrogen-bond donors (Lipinski definition) is 0. The van der Waals surface area contributed by atoms with E-state index in [-0.39, 0.29) is 23.9 Å². The second kappa shape index (κ2) is 11.1.